The number of aryl methyl sites for hydroxylation is 1. The van der Waals surface area contributed by atoms with Gasteiger partial charge in [0.25, 0.3) is 6.43 Å². The Morgan fingerprint density at radius 1 is 0.938 bits per heavy atom. The van der Waals surface area contributed by atoms with Crippen LogP contribution in [0, 0.1) is 6.92 Å². The molecule has 0 saturated heterocycles. The molecule has 1 aromatic heterocycles. The van der Waals surface area contributed by atoms with Crippen molar-refractivity contribution in [2.75, 3.05) is 0 Å². The van der Waals surface area contributed by atoms with Crippen molar-refractivity contribution in [3.8, 4) is 11.1 Å². The van der Waals surface area contributed by atoms with E-state index < -0.39 is 6.43 Å². The van der Waals surface area contributed by atoms with Gasteiger partial charge in [-0.05, 0) is 18.6 Å². The summed E-state index contributed by atoms with van der Waals surface area (Å²) in [5.41, 5.74) is 2.82. The molecule has 0 bridgehead atoms. The zero-order valence-corrected chi connectivity index (χ0v) is 8.82. The topological polar surface area (TPSA) is 12.9 Å². The number of benzene rings is 1. The minimum Gasteiger partial charge on any atom is -0.255 e. The molecule has 0 fully saturated rings. The highest BCUT2D eigenvalue weighted by Crippen LogP contribution is 2.22. The third kappa shape index (κ3) is 2.24. The van der Waals surface area contributed by atoms with E-state index in [1.807, 2.05) is 31.2 Å². The lowest BCUT2D eigenvalue weighted by molar-refractivity contribution is 0.146. The van der Waals surface area contributed by atoms with Crippen LogP contribution in [0.25, 0.3) is 11.1 Å². The highest BCUT2D eigenvalue weighted by Gasteiger charge is 2.07. The van der Waals surface area contributed by atoms with Crippen LogP contribution < -0.4 is 0 Å². The van der Waals surface area contributed by atoms with E-state index >= 15 is 0 Å². The molecule has 0 saturated carbocycles. The Balaban J connectivity index is 2.31. The van der Waals surface area contributed by atoms with Gasteiger partial charge in [0.15, 0.2) is 0 Å². The lowest BCUT2D eigenvalue weighted by atomic mass is 10.1. The Kier molecular flexibility index (Phi) is 2.95. The Labute approximate surface area is 92.8 Å². The number of alkyl halides is 2. The molecule has 0 atom stereocenters. The third-order valence-electron chi connectivity index (χ3n) is 2.39. The van der Waals surface area contributed by atoms with Crippen LogP contribution in [0.4, 0.5) is 8.78 Å². The van der Waals surface area contributed by atoms with E-state index in [1.165, 1.54) is 17.8 Å². The minimum absolute atomic E-state index is 0.184. The van der Waals surface area contributed by atoms with Crippen molar-refractivity contribution in [2.24, 2.45) is 0 Å². The van der Waals surface area contributed by atoms with E-state index in [0.717, 1.165) is 11.1 Å². The number of aromatic nitrogens is 1. The second-order valence-corrected chi connectivity index (χ2v) is 3.64. The zero-order valence-electron chi connectivity index (χ0n) is 8.82. The predicted molar refractivity (Wildman–Crippen MR) is 59.4 cm³/mol. The summed E-state index contributed by atoms with van der Waals surface area (Å²) in [6, 6.07) is 10.9. The predicted octanol–water partition coefficient (Wildman–Crippen LogP) is 3.99. The number of pyridine rings is 1. The number of halogens is 2. The number of rotatable bonds is 2. The van der Waals surface area contributed by atoms with Crippen molar-refractivity contribution in [3.63, 3.8) is 0 Å². The van der Waals surface area contributed by atoms with E-state index in [-0.39, 0.29) is 5.69 Å². The van der Waals surface area contributed by atoms with Crippen molar-refractivity contribution in [3.05, 3.63) is 53.9 Å². The first-order valence-electron chi connectivity index (χ1n) is 4.98. The summed E-state index contributed by atoms with van der Waals surface area (Å²) in [5, 5.41) is 0. The molecule has 0 N–H and O–H groups in total. The SMILES string of the molecule is Cc1ccc(-c2ccc(C(F)F)nc2)cc1. The Morgan fingerprint density at radius 2 is 1.56 bits per heavy atom. The fourth-order valence-corrected chi connectivity index (χ4v) is 1.45. The van der Waals surface area contributed by atoms with Crippen LogP contribution in [0.5, 0.6) is 0 Å². The largest absolute Gasteiger partial charge is 0.280 e. The van der Waals surface area contributed by atoms with Crippen molar-refractivity contribution < 1.29 is 8.78 Å². The van der Waals surface area contributed by atoms with Gasteiger partial charge in [-0.2, -0.15) is 0 Å². The van der Waals surface area contributed by atoms with Crippen molar-refractivity contribution in [1.82, 2.24) is 4.98 Å². The molecule has 82 valence electrons. The molecule has 2 rings (SSSR count). The molecule has 1 heterocycles. The second kappa shape index (κ2) is 4.39. The van der Waals surface area contributed by atoms with Crippen LogP contribution in [-0.2, 0) is 0 Å². The smallest absolute Gasteiger partial charge is 0.255 e. The standard InChI is InChI=1S/C13H11F2N/c1-9-2-4-10(5-3-9)11-6-7-12(13(14)15)16-8-11/h2-8,13H,1H3. The van der Waals surface area contributed by atoms with Crippen LogP contribution in [0.3, 0.4) is 0 Å². The molecule has 16 heavy (non-hydrogen) atoms. The number of hydrogen-bond donors (Lipinski definition) is 0. The third-order valence-corrected chi connectivity index (χ3v) is 2.39. The monoisotopic (exact) mass is 219 g/mol. The van der Waals surface area contributed by atoms with E-state index in [9.17, 15) is 8.78 Å². The molecular weight excluding hydrogens is 208 g/mol. The van der Waals surface area contributed by atoms with Gasteiger partial charge in [-0.25, -0.2) is 8.78 Å². The maximum absolute atomic E-state index is 12.3. The molecular formula is C13H11F2N. The summed E-state index contributed by atoms with van der Waals surface area (Å²) >= 11 is 0. The molecule has 2 aromatic rings. The molecule has 0 aliphatic carbocycles. The Morgan fingerprint density at radius 3 is 2.06 bits per heavy atom. The quantitative estimate of drug-likeness (QED) is 0.744. The molecule has 0 spiro atoms. The second-order valence-electron chi connectivity index (χ2n) is 3.64. The lowest BCUT2D eigenvalue weighted by Crippen LogP contribution is -1.89. The van der Waals surface area contributed by atoms with Gasteiger partial charge >= 0.3 is 0 Å². The molecule has 0 unspecified atom stereocenters. The Hall–Kier alpha value is -1.77. The number of nitrogens with zero attached hydrogens (tertiary/aromatic N) is 1. The molecule has 0 radical (unpaired) electrons. The van der Waals surface area contributed by atoms with Gasteiger partial charge in [0.1, 0.15) is 5.69 Å². The maximum atomic E-state index is 12.3. The van der Waals surface area contributed by atoms with Crippen molar-refractivity contribution >= 4 is 0 Å². The average molecular weight is 219 g/mol. The van der Waals surface area contributed by atoms with E-state index in [4.69, 9.17) is 0 Å². The molecule has 1 nitrogen and oxygen atoms in total. The molecule has 3 heteroatoms. The first-order valence-corrected chi connectivity index (χ1v) is 4.98. The molecule has 0 amide bonds. The van der Waals surface area contributed by atoms with Gasteiger partial charge in [0, 0.05) is 11.8 Å². The summed E-state index contributed by atoms with van der Waals surface area (Å²) in [7, 11) is 0. The average Bonchev–Trinajstić information content (AvgIpc) is 2.30. The summed E-state index contributed by atoms with van der Waals surface area (Å²) in [6.07, 6.45) is -1.03. The first-order chi connectivity index (χ1) is 7.66. The highest BCUT2D eigenvalue weighted by atomic mass is 19.3. The van der Waals surface area contributed by atoms with Crippen LogP contribution in [0.15, 0.2) is 42.6 Å². The fourth-order valence-electron chi connectivity index (χ4n) is 1.45. The van der Waals surface area contributed by atoms with Crippen LogP contribution in [-0.4, -0.2) is 4.98 Å². The lowest BCUT2D eigenvalue weighted by Gasteiger charge is -2.03. The van der Waals surface area contributed by atoms with Gasteiger partial charge < -0.3 is 0 Å². The van der Waals surface area contributed by atoms with Gasteiger partial charge in [-0.1, -0.05) is 35.9 Å². The Bertz CT molecular complexity index is 460. The van der Waals surface area contributed by atoms with Crippen LogP contribution >= 0.6 is 0 Å². The minimum atomic E-state index is -2.51. The zero-order chi connectivity index (χ0) is 11.5. The molecule has 1 aromatic carbocycles. The maximum Gasteiger partial charge on any atom is 0.280 e. The van der Waals surface area contributed by atoms with Crippen molar-refractivity contribution in [1.29, 1.82) is 0 Å². The fraction of sp³-hybridized carbons (Fsp3) is 0.154. The highest BCUT2D eigenvalue weighted by molar-refractivity contribution is 5.62. The summed E-state index contributed by atoms with van der Waals surface area (Å²) < 4.78 is 24.6. The van der Waals surface area contributed by atoms with E-state index in [0.29, 0.717) is 0 Å². The molecule has 0 aliphatic heterocycles. The van der Waals surface area contributed by atoms with Gasteiger partial charge in [0.05, 0.1) is 0 Å². The summed E-state index contributed by atoms with van der Waals surface area (Å²) in [5.74, 6) is 0. The van der Waals surface area contributed by atoms with Crippen molar-refractivity contribution in [2.45, 2.75) is 13.3 Å². The van der Waals surface area contributed by atoms with E-state index in [2.05, 4.69) is 4.98 Å². The first kappa shape index (κ1) is 10.7. The van der Waals surface area contributed by atoms with Crippen LogP contribution in [0.2, 0.25) is 0 Å². The van der Waals surface area contributed by atoms with E-state index in [1.54, 1.807) is 6.07 Å². The summed E-state index contributed by atoms with van der Waals surface area (Å²) in [6.45, 7) is 2.00. The van der Waals surface area contributed by atoms with Gasteiger partial charge in [-0.3, -0.25) is 4.98 Å². The normalized spacial score (nSPS) is 10.8. The van der Waals surface area contributed by atoms with Gasteiger partial charge in [-0.15, -0.1) is 0 Å². The van der Waals surface area contributed by atoms with Crippen LogP contribution in [0.1, 0.15) is 17.7 Å². The summed E-state index contributed by atoms with van der Waals surface area (Å²) in [4.78, 5) is 3.73. The number of hydrogen-bond acceptors (Lipinski definition) is 1. The van der Waals surface area contributed by atoms with Gasteiger partial charge in [0.2, 0.25) is 0 Å². The molecule has 0 aliphatic rings.